The van der Waals surface area contributed by atoms with Gasteiger partial charge in [-0.1, -0.05) is 33.8 Å². The number of nitrogens with zero attached hydrogens (tertiary/aromatic N) is 1. The maximum Gasteiger partial charge on any atom is 0.337 e. The summed E-state index contributed by atoms with van der Waals surface area (Å²) in [5.41, 5.74) is 4.89. The average molecular weight is 409 g/mol. The standard InChI is InChI=1S/C25H32N2O3/c1-7-27(23(29)26-18-10-8-17(9-11-18)22(28)30-6)19-12-13-20-21(16-19)25(4,5)15-14-24(20,2)3/h8-13,16H,7,14-15H2,1-6H3,(H,26,29). The second-order valence-electron chi connectivity index (χ2n) is 9.24. The number of anilines is 2. The zero-order valence-electron chi connectivity index (χ0n) is 18.8. The van der Waals surface area contributed by atoms with Gasteiger partial charge in [0.25, 0.3) is 0 Å². The third-order valence-corrected chi connectivity index (χ3v) is 6.27. The van der Waals surface area contributed by atoms with Gasteiger partial charge in [0.2, 0.25) is 0 Å². The molecule has 0 saturated carbocycles. The zero-order valence-corrected chi connectivity index (χ0v) is 18.8. The highest BCUT2D eigenvalue weighted by Crippen LogP contribution is 2.46. The van der Waals surface area contributed by atoms with Crippen molar-refractivity contribution in [1.82, 2.24) is 0 Å². The first kappa shape index (κ1) is 21.9. The van der Waals surface area contributed by atoms with E-state index < -0.39 is 5.97 Å². The monoisotopic (exact) mass is 408 g/mol. The van der Waals surface area contributed by atoms with Crippen LogP contribution in [-0.4, -0.2) is 25.7 Å². The maximum absolute atomic E-state index is 13.0. The van der Waals surface area contributed by atoms with Crippen LogP contribution in [0.5, 0.6) is 0 Å². The summed E-state index contributed by atoms with van der Waals surface area (Å²) in [6.45, 7) is 11.7. The van der Waals surface area contributed by atoms with Gasteiger partial charge in [-0.15, -0.1) is 0 Å². The van der Waals surface area contributed by atoms with E-state index in [-0.39, 0.29) is 16.9 Å². The second kappa shape index (κ2) is 8.13. The first-order valence-corrected chi connectivity index (χ1v) is 10.5. The molecule has 30 heavy (non-hydrogen) atoms. The van der Waals surface area contributed by atoms with E-state index in [9.17, 15) is 9.59 Å². The summed E-state index contributed by atoms with van der Waals surface area (Å²) in [6, 6.07) is 12.9. The van der Waals surface area contributed by atoms with Crippen molar-refractivity contribution >= 4 is 23.4 Å². The molecule has 0 aliphatic heterocycles. The van der Waals surface area contributed by atoms with Crippen LogP contribution >= 0.6 is 0 Å². The van der Waals surface area contributed by atoms with E-state index in [1.807, 2.05) is 13.0 Å². The minimum Gasteiger partial charge on any atom is -0.465 e. The number of benzene rings is 2. The van der Waals surface area contributed by atoms with Gasteiger partial charge in [0.05, 0.1) is 12.7 Å². The Kier molecular flexibility index (Phi) is 5.93. The number of nitrogens with one attached hydrogen (secondary N) is 1. The van der Waals surface area contributed by atoms with E-state index >= 15 is 0 Å². The Hall–Kier alpha value is -2.82. The lowest BCUT2D eigenvalue weighted by Gasteiger charge is -2.42. The number of methoxy groups -OCH3 is 1. The first-order chi connectivity index (χ1) is 14.1. The number of hydrogen-bond donors (Lipinski definition) is 1. The van der Waals surface area contributed by atoms with Crippen molar-refractivity contribution in [2.45, 2.75) is 58.3 Å². The number of esters is 1. The number of carbonyl (C=O) groups is 2. The third-order valence-electron chi connectivity index (χ3n) is 6.27. The molecule has 1 aliphatic carbocycles. The molecule has 3 rings (SSSR count). The van der Waals surface area contributed by atoms with Crippen molar-refractivity contribution in [3.8, 4) is 0 Å². The molecule has 0 heterocycles. The number of amides is 2. The molecular weight excluding hydrogens is 376 g/mol. The average Bonchev–Trinajstić information content (AvgIpc) is 2.72. The lowest BCUT2D eigenvalue weighted by Crippen LogP contribution is -2.37. The van der Waals surface area contributed by atoms with E-state index in [1.54, 1.807) is 29.2 Å². The predicted molar refractivity (Wildman–Crippen MR) is 122 cm³/mol. The summed E-state index contributed by atoms with van der Waals surface area (Å²) >= 11 is 0. The molecule has 160 valence electrons. The van der Waals surface area contributed by atoms with E-state index in [1.165, 1.54) is 18.2 Å². The first-order valence-electron chi connectivity index (χ1n) is 10.5. The highest BCUT2D eigenvalue weighted by Gasteiger charge is 2.37. The van der Waals surface area contributed by atoms with Crippen LogP contribution < -0.4 is 10.2 Å². The smallest absolute Gasteiger partial charge is 0.337 e. The van der Waals surface area contributed by atoms with Gasteiger partial charge in [-0.25, -0.2) is 9.59 Å². The van der Waals surface area contributed by atoms with Gasteiger partial charge < -0.3 is 10.1 Å². The molecular formula is C25H32N2O3. The Morgan fingerprint density at radius 3 is 2.13 bits per heavy atom. The van der Waals surface area contributed by atoms with Gasteiger partial charge in [-0.3, -0.25) is 4.90 Å². The molecule has 0 saturated heterocycles. The molecule has 1 N–H and O–H groups in total. The Morgan fingerprint density at radius 2 is 1.57 bits per heavy atom. The quantitative estimate of drug-likeness (QED) is 0.643. The van der Waals surface area contributed by atoms with Crippen molar-refractivity contribution in [3.05, 3.63) is 59.2 Å². The van der Waals surface area contributed by atoms with E-state index in [2.05, 4.69) is 45.1 Å². The number of ether oxygens (including phenoxy) is 1. The van der Waals surface area contributed by atoms with Crippen LogP contribution in [0.4, 0.5) is 16.2 Å². The minimum absolute atomic E-state index is 0.0838. The molecule has 0 fully saturated rings. The van der Waals surface area contributed by atoms with Gasteiger partial charge in [-0.2, -0.15) is 0 Å². The Morgan fingerprint density at radius 1 is 0.967 bits per heavy atom. The molecule has 5 nitrogen and oxygen atoms in total. The molecule has 5 heteroatoms. The Bertz CT molecular complexity index is 945. The normalized spacial score (nSPS) is 16.3. The van der Waals surface area contributed by atoms with Crippen LogP contribution in [0.3, 0.4) is 0 Å². The van der Waals surface area contributed by atoms with Crippen LogP contribution in [0, 0.1) is 0 Å². The predicted octanol–water partition coefficient (Wildman–Crippen LogP) is 5.88. The van der Waals surface area contributed by atoms with Crippen molar-refractivity contribution in [2.24, 2.45) is 0 Å². The van der Waals surface area contributed by atoms with Gasteiger partial charge in [0.1, 0.15) is 0 Å². The number of hydrogen-bond acceptors (Lipinski definition) is 3. The summed E-state index contributed by atoms with van der Waals surface area (Å²) in [7, 11) is 1.35. The van der Waals surface area contributed by atoms with Gasteiger partial charge in [-0.05, 0) is 78.1 Å². The third kappa shape index (κ3) is 4.20. The van der Waals surface area contributed by atoms with Crippen LogP contribution in [0.15, 0.2) is 42.5 Å². The highest BCUT2D eigenvalue weighted by atomic mass is 16.5. The van der Waals surface area contributed by atoms with Crippen molar-refractivity contribution in [2.75, 3.05) is 23.9 Å². The summed E-state index contributed by atoms with van der Waals surface area (Å²) in [5, 5.41) is 2.93. The van der Waals surface area contributed by atoms with E-state index in [0.717, 1.165) is 18.5 Å². The van der Waals surface area contributed by atoms with Crippen LogP contribution in [0.1, 0.15) is 68.9 Å². The minimum atomic E-state index is -0.400. The molecule has 2 aromatic rings. The molecule has 0 spiro atoms. The number of carbonyl (C=O) groups excluding carboxylic acids is 2. The maximum atomic E-state index is 13.0. The largest absolute Gasteiger partial charge is 0.465 e. The van der Waals surface area contributed by atoms with Gasteiger partial charge in [0, 0.05) is 17.9 Å². The fraction of sp³-hybridized carbons (Fsp3) is 0.440. The number of rotatable bonds is 4. The highest BCUT2D eigenvalue weighted by molar-refractivity contribution is 6.02. The molecule has 0 unspecified atom stereocenters. The van der Waals surface area contributed by atoms with Crippen LogP contribution in [0.25, 0.3) is 0 Å². The molecule has 0 atom stereocenters. The molecule has 2 aromatic carbocycles. The van der Waals surface area contributed by atoms with Crippen LogP contribution in [-0.2, 0) is 15.6 Å². The second-order valence-corrected chi connectivity index (χ2v) is 9.24. The molecule has 0 aromatic heterocycles. The van der Waals surface area contributed by atoms with E-state index in [4.69, 9.17) is 4.74 Å². The van der Waals surface area contributed by atoms with Crippen molar-refractivity contribution < 1.29 is 14.3 Å². The summed E-state index contributed by atoms with van der Waals surface area (Å²) in [4.78, 5) is 26.3. The fourth-order valence-electron chi connectivity index (χ4n) is 4.19. The summed E-state index contributed by atoms with van der Waals surface area (Å²) < 4.78 is 4.71. The van der Waals surface area contributed by atoms with Gasteiger partial charge in [0.15, 0.2) is 0 Å². The topological polar surface area (TPSA) is 58.6 Å². The number of fused-ring (bicyclic) bond motifs is 1. The Balaban J connectivity index is 1.85. The zero-order chi connectivity index (χ0) is 22.1. The van der Waals surface area contributed by atoms with E-state index in [0.29, 0.717) is 17.8 Å². The summed E-state index contributed by atoms with van der Waals surface area (Å²) in [5.74, 6) is -0.400. The Labute approximate surface area is 179 Å². The summed E-state index contributed by atoms with van der Waals surface area (Å²) in [6.07, 6.45) is 2.28. The fourth-order valence-corrected chi connectivity index (χ4v) is 4.19. The van der Waals surface area contributed by atoms with Crippen molar-refractivity contribution in [1.29, 1.82) is 0 Å². The molecule has 0 bridgehead atoms. The molecule has 1 aliphatic rings. The van der Waals surface area contributed by atoms with Crippen LogP contribution in [0.2, 0.25) is 0 Å². The van der Waals surface area contributed by atoms with Crippen molar-refractivity contribution in [3.63, 3.8) is 0 Å². The SMILES string of the molecule is CCN(C(=O)Nc1ccc(C(=O)OC)cc1)c1ccc2c(c1)C(C)(C)CCC2(C)C. The molecule has 0 radical (unpaired) electrons. The molecule has 2 amide bonds. The lowest BCUT2D eigenvalue weighted by atomic mass is 9.63. The number of urea groups is 1. The lowest BCUT2D eigenvalue weighted by molar-refractivity contribution is 0.0600. The van der Waals surface area contributed by atoms with Gasteiger partial charge >= 0.3 is 12.0 Å².